The summed E-state index contributed by atoms with van der Waals surface area (Å²) in [5.74, 6) is 0.167. The minimum absolute atomic E-state index is 0.186. The number of methoxy groups -OCH3 is 2. The van der Waals surface area contributed by atoms with Gasteiger partial charge in [-0.15, -0.1) is 0 Å². The first-order chi connectivity index (χ1) is 15.1. The molecular formula is C25H29ClN2O4. The monoisotopic (exact) mass is 456 g/mol. The van der Waals surface area contributed by atoms with Gasteiger partial charge in [-0.25, -0.2) is 4.79 Å². The lowest BCUT2D eigenvalue weighted by Crippen LogP contribution is -2.28. The number of aryl methyl sites for hydroxylation is 1. The second-order valence-electron chi connectivity index (χ2n) is 8.30. The van der Waals surface area contributed by atoms with Crippen LogP contribution in [0.4, 0.5) is 0 Å². The summed E-state index contributed by atoms with van der Waals surface area (Å²) in [5, 5.41) is 0.513. The fourth-order valence-corrected chi connectivity index (χ4v) is 4.35. The molecule has 0 saturated carbocycles. The van der Waals surface area contributed by atoms with Gasteiger partial charge >= 0.3 is 5.97 Å². The number of carbonyl (C=O) groups is 2. The summed E-state index contributed by atoms with van der Waals surface area (Å²) < 4.78 is 12.3. The number of ether oxygens (including phenoxy) is 2. The average molecular weight is 457 g/mol. The minimum atomic E-state index is -0.510. The Morgan fingerprint density at radius 1 is 1.16 bits per heavy atom. The highest BCUT2D eigenvalue weighted by Gasteiger charge is 2.37. The molecule has 0 atom stereocenters. The Hall–Kier alpha value is -2.99. The molecule has 32 heavy (non-hydrogen) atoms. The van der Waals surface area contributed by atoms with Crippen LogP contribution in [0.5, 0.6) is 5.75 Å². The molecule has 0 saturated heterocycles. The number of halogens is 1. The van der Waals surface area contributed by atoms with Gasteiger partial charge in [0.15, 0.2) is 0 Å². The molecule has 1 aromatic carbocycles. The maximum Gasteiger partial charge on any atom is 0.340 e. The highest BCUT2D eigenvalue weighted by Crippen LogP contribution is 2.34. The van der Waals surface area contributed by atoms with Crippen molar-refractivity contribution in [2.24, 2.45) is 5.92 Å². The van der Waals surface area contributed by atoms with E-state index in [1.807, 2.05) is 52.0 Å². The molecule has 0 N–H and O–H groups in total. The van der Waals surface area contributed by atoms with Crippen molar-refractivity contribution in [3.63, 3.8) is 0 Å². The first kappa shape index (κ1) is 23.7. The summed E-state index contributed by atoms with van der Waals surface area (Å²) in [4.78, 5) is 27.4. The summed E-state index contributed by atoms with van der Waals surface area (Å²) in [6.07, 6.45) is 1.78. The van der Waals surface area contributed by atoms with Gasteiger partial charge in [-0.3, -0.25) is 4.79 Å². The van der Waals surface area contributed by atoms with Crippen LogP contribution in [0.2, 0.25) is 5.02 Å². The van der Waals surface area contributed by atoms with Gasteiger partial charge in [0, 0.05) is 29.3 Å². The Morgan fingerprint density at radius 2 is 1.84 bits per heavy atom. The number of aromatic nitrogens is 1. The molecule has 0 bridgehead atoms. The first-order valence-corrected chi connectivity index (χ1v) is 10.8. The van der Waals surface area contributed by atoms with Gasteiger partial charge in [0.1, 0.15) is 5.75 Å². The van der Waals surface area contributed by atoms with Gasteiger partial charge in [0.2, 0.25) is 0 Å². The van der Waals surface area contributed by atoms with E-state index in [9.17, 15) is 9.59 Å². The molecule has 2 heterocycles. The van der Waals surface area contributed by atoms with Crippen molar-refractivity contribution in [3.8, 4) is 11.4 Å². The summed E-state index contributed by atoms with van der Waals surface area (Å²) in [6, 6.07) is 7.58. The van der Waals surface area contributed by atoms with Crippen molar-refractivity contribution >= 4 is 29.6 Å². The Bertz CT molecular complexity index is 1140. The van der Waals surface area contributed by atoms with E-state index in [1.54, 1.807) is 25.0 Å². The van der Waals surface area contributed by atoms with Crippen LogP contribution in [0, 0.1) is 19.8 Å². The molecule has 1 aliphatic heterocycles. The second-order valence-corrected chi connectivity index (χ2v) is 8.71. The summed E-state index contributed by atoms with van der Waals surface area (Å²) >= 11 is 6.33. The molecule has 0 spiro atoms. The Balaban J connectivity index is 2.11. The first-order valence-electron chi connectivity index (χ1n) is 10.5. The summed E-state index contributed by atoms with van der Waals surface area (Å²) in [5.41, 5.74) is 4.91. The predicted octanol–water partition coefficient (Wildman–Crippen LogP) is 5.08. The van der Waals surface area contributed by atoms with Crippen molar-refractivity contribution in [2.45, 2.75) is 34.6 Å². The number of amides is 1. The molecule has 7 heteroatoms. The number of rotatable bonds is 6. The van der Waals surface area contributed by atoms with Gasteiger partial charge < -0.3 is 18.9 Å². The quantitative estimate of drug-likeness (QED) is 0.449. The number of carbonyl (C=O) groups excluding carboxylic acids is 2. The lowest BCUT2D eigenvalue weighted by molar-refractivity contribution is -0.136. The zero-order valence-corrected chi connectivity index (χ0v) is 20.3. The fraction of sp³-hybridized carbons (Fsp3) is 0.360. The lowest BCUT2D eigenvalue weighted by atomic mass is 10.0. The Labute approximate surface area is 194 Å². The van der Waals surface area contributed by atoms with Crippen LogP contribution in [0.25, 0.3) is 11.8 Å². The number of allylic oxidation sites excluding steroid dienone is 1. The van der Waals surface area contributed by atoms with Crippen molar-refractivity contribution in [3.05, 3.63) is 63.1 Å². The van der Waals surface area contributed by atoms with E-state index in [-0.39, 0.29) is 11.8 Å². The number of benzene rings is 1. The third-order valence-corrected chi connectivity index (χ3v) is 5.91. The van der Waals surface area contributed by atoms with E-state index in [1.165, 1.54) is 7.11 Å². The number of hydrogen-bond donors (Lipinski definition) is 0. The van der Waals surface area contributed by atoms with Crippen molar-refractivity contribution in [1.82, 2.24) is 9.47 Å². The van der Waals surface area contributed by atoms with E-state index < -0.39 is 5.97 Å². The number of esters is 1. The molecule has 0 unspecified atom stereocenters. The molecule has 0 radical (unpaired) electrons. The van der Waals surface area contributed by atoms with E-state index in [0.717, 1.165) is 22.6 Å². The maximum absolute atomic E-state index is 13.2. The van der Waals surface area contributed by atoms with Crippen LogP contribution in [0.1, 0.15) is 37.7 Å². The zero-order valence-electron chi connectivity index (χ0n) is 19.6. The van der Waals surface area contributed by atoms with E-state index in [0.29, 0.717) is 34.2 Å². The average Bonchev–Trinajstić information content (AvgIpc) is 3.14. The maximum atomic E-state index is 13.2. The van der Waals surface area contributed by atoms with Crippen LogP contribution < -0.4 is 4.74 Å². The molecule has 1 amide bonds. The highest BCUT2D eigenvalue weighted by molar-refractivity contribution is 6.32. The van der Waals surface area contributed by atoms with Crippen LogP contribution in [0.3, 0.4) is 0 Å². The zero-order chi connectivity index (χ0) is 23.7. The smallest absolute Gasteiger partial charge is 0.340 e. The molecule has 1 aromatic heterocycles. The second kappa shape index (κ2) is 9.25. The van der Waals surface area contributed by atoms with Gasteiger partial charge in [-0.2, -0.15) is 0 Å². The lowest BCUT2D eigenvalue weighted by Gasteiger charge is -2.19. The van der Waals surface area contributed by atoms with Gasteiger partial charge in [0.25, 0.3) is 5.91 Å². The van der Waals surface area contributed by atoms with Crippen LogP contribution >= 0.6 is 11.6 Å². The van der Waals surface area contributed by atoms with E-state index in [2.05, 4.69) is 4.57 Å². The Morgan fingerprint density at radius 3 is 2.41 bits per heavy atom. The van der Waals surface area contributed by atoms with Gasteiger partial charge in [-0.05, 0) is 62.6 Å². The van der Waals surface area contributed by atoms with Crippen molar-refractivity contribution < 1.29 is 19.1 Å². The normalized spacial score (nSPS) is 15.3. The van der Waals surface area contributed by atoms with E-state index >= 15 is 0 Å². The molecular weight excluding hydrogens is 428 g/mol. The van der Waals surface area contributed by atoms with Crippen LogP contribution in [-0.2, 0) is 14.3 Å². The van der Waals surface area contributed by atoms with Gasteiger partial charge in [0.05, 0.1) is 30.4 Å². The number of hydrogen-bond acceptors (Lipinski definition) is 4. The Kier molecular flexibility index (Phi) is 6.84. The molecule has 170 valence electrons. The molecule has 3 rings (SSSR count). The van der Waals surface area contributed by atoms with Crippen molar-refractivity contribution in [2.75, 3.05) is 20.8 Å². The third-order valence-electron chi connectivity index (χ3n) is 5.61. The largest absolute Gasteiger partial charge is 0.495 e. The third kappa shape index (κ3) is 4.19. The predicted molar refractivity (Wildman–Crippen MR) is 126 cm³/mol. The molecule has 6 nitrogen and oxygen atoms in total. The summed E-state index contributed by atoms with van der Waals surface area (Å²) in [7, 11) is 2.90. The molecule has 0 fully saturated rings. The molecule has 2 aromatic rings. The SMILES string of the molecule is COC(=O)C1=C(C)N(CC(C)C)C(=O)C1=Cc1cc(C)n(-c2ccc(OC)c(Cl)c2)c1C. The van der Waals surface area contributed by atoms with Crippen molar-refractivity contribution in [1.29, 1.82) is 0 Å². The molecule has 1 aliphatic rings. The standard InChI is InChI=1S/C25H29ClN2O4/c1-14(2)13-27-17(5)23(25(30)32-7)20(24(27)29)11-18-10-15(3)28(16(18)4)19-8-9-22(31-6)21(26)12-19/h8-12,14H,13H2,1-7H3. The highest BCUT2D eigenvalue weighted by atomic mass is 35.5. The van der Waals surface area contributed by atoms with E-state index in [4.69, 9.17) is 21.1 Å². The molecule has 0 aliphatic carbocycles. The summed E-state index contributed by atoms with van der Waals surface area (Å²) in [6.45, 7) is 10.3. The van der Waals surface area contributed by atoms with Crippen LogP contribution in [0.15, 0.2) is 41.1 Å². The fourth-order valence-electron chi connectivity index (χ4n) is 4.09. The topological polar surface area (TPSA) is 60.8 Å². The van der Waals surface area contributed by atoms with Gasteiger partial charge in [-0.1, -0.05) is 25.4 Å². The number of nitrogens with zero attached hydrogens (tertiary/aromatic N) is 2. The minimum Gasteiger partial charge on any atom is -0.495 e. The van der Waals surface area contributed by atoms with Crippen LogP contribution in [-0.4, -0.2) is 42.1 Å².